The maximum Gasteiger partial charge on any atom is 0.170 e. The number of thiocarbonyl (C=S) groups is 1. The standard InChI is InChI=1S/C20H31N3S/c1-17-10-4-5-11-18(17)22-19(24)21-16-20(12-6-2-7-13-20)23-14-8-3-9-15-23/h4-5,10-11H,2-3,6-9,12-16H2,1H3,(H2,21,22,24). The van der Waals surface area contributed by atoms with Gasteiger partial charge in [-0.3, -0.25) is 4.90 Å². The second-order valence-electron chi connectivity index (χ2n) is 7.46. The number of rotatable bonds is 4. The molecule has 1 heterocycles. The molecule has 0 aromatic heterocycles. The van der Waals surface area contributed by atoms with Crippen LogP contribution in [0.1, 0.15) is 56.9 Å². The lowest BCUT2D eigenvalue weighted by molar-refractivity contribution is 0.0371. The smallest absolute Gasteiger partial charge is 0.170 e. The third-order valence-corrected chi connectivity index (χ3v) is 6.03. The average molecular weight is 346 g/mol. The van der Waals surface area contributed by atoms with Gasteiger partial charge in [0.05, 0.1) is 0 Å². The minimum absolute atomic E-state index is 0.316. The Morgan fingerprint density at radius 2 is 1.71 bits per heavy atom. The van der Waals surface area contributed by atoms with Crippen LogP contribution in [0, 0.1) is 6.92 Å². The van der Waals surface area contributed by atoms with E-state index < -0.39 is 0 Å². The van der Waals surface area contributed by atoms with Gasteiger partial charge in [-0.05, 0) is 69.5 Å². The van der Waals surface area contributed by atoms with Crippen LogP contribution in [0.3, 0.4) is 0 Å². The molecular weight excluding hydrogens is 314 g/mol. The Bertz CT molecular complexity index is 546. The first-order valence-electron chi connectivity index (χ1n) is 9.55. The second-order valence-corrected chi connectivity index (χ2v) is 7.86. The van der Waals surface area contributed by atoms with E-state index in [4.69, 9.17) is 12.2 Å². The number of nitrogens with zero attached hydrogens (tertiary/aromatic N) is 1. The molecule has 0 bridgehead atoms. The fourth-order valence-electron chi connectivity index (χ4n) is 4.31. The predicted octanol–water partition coefficient (Wildman–Crippen LogP) is 4.47. The molecule has 2 fully saturated rings. The van der Waals surface area contributed by atoms with Gasteiger partial charge in [0.2, 0.25) is 0 Å². The lowest BCUT2D eigenvalue weighted by atomic mass is 9.79. The fourth-order valence-corrected chi connectivity index (χ4v) is 4.49. The molecule has 4 heteroatoms. The lowest BCUT2D eigenvalue weighted by Gasteiger charge is -2.48. The van der Waals surface area contributed by atoms with E-state index in [1.807, 2.05) is 6.07 Å². The molecule has 0 radical (unpaired) electrons. The zero-order valence-corrected chi connectivity index (χ0v) is 15.8. The second kappa shape index (κ2) is 8.30. The molecular formula is C20H31N3S. The first-order chi connectivity index (χ1) is 11.7. The van der Waals surface area contributed by atoms with Crippen molar-refractivity contribution in [3.05, 3.63) is 29.8 Å². The summed E-state index contributed by atoms with van der Waals surface area (Å²) in [5.41, 5.74) is 2.64. The van der Waals surface area contributed by atoms with Crippen molar-refractivity contribution in [2.75, 3.05) is 25.0 Å². The predicted molar refractivity (Wildman–Crippen MR) is 107 cm³/mol. The molecule has 1 saturated heterocycles. The summed E-state index contributed by atoms with van der Waals surface area (Å²) >= 11 is 5.57. The van der Waals surface area contributed by atoms with Crippen molar-refractivity contribution >= 4 is 23.0 Å². The zero-order valence-electron chi connectivity index (χ0n) is 14.9. The highest BCUT2D eigenvalue weighted by Crippen LogP contribution is 2.35. The topological polar surface area (TPSA) is 27.3 Å². The van der Waals surface area contributed by atoms with Crippen molar-refractivity contribution in [3.8, 4) is 0 Å². The molecule has 0 amide bonds. The van der Waals surface area contributed by atoms with E-state index in [1.54, 1.807) is 0 Å². The van der Waals surface area contributed by atoms with Gasteiger partial charge in [0.1, 0.15) is 0 Å². The number of para-hydroxylation sites is 1. The Balaban J connectivity index is 1.60. The highest BCUT2D eigenvalue weighted by molar-refractivity contribution is 7.80. The average Bonchev–Trinajstić information content (AvgIpc) is 2.63. The molecule has 0 unspecified atom stereocenters. The number of aryl methyl sites for hydroxylation is 1. The van der Waals surface area contributed by atoms with Crippen LogP contribution in [0.5, 0.6) is 0 Å². The molecule has 3 rings (SSSR count). The summed E-state index contributed by atoms with van der Waals surface area (Å²) in [7, 11) is 0. The Morgan fingerprint density at radius 3 is 2.42 bits per heavy atom. The molecule has 0 atom stereocenters. The maximum absolute atomic E-state index is 5.57. The number of hydrogen-bond donors (Lipinski definition) is 2. The minimum atomic E-state index is 0.316. The first-order valence-corrected chi connectivity index (χ1v) is 9.96. The van der Waals surface area contributed by atoms with Crippen LogP contribution in [0.2, 0.25) is 0 Å². The Kier molecular flexibility index (Phi) is 6.12. The summed E-state index contributed by atoms with van der Waals surface area (Å²) in [5.74, 6) is 0. The number of benzene rings is 1. The van der Waals surface area contributed by atoms with Gasteiger partial charge in [0.25, 0.3) is 0 Å². The van der Waals surface area contributed by atoms with E-state index in [1.165, 1.54) is 70.0 Å². The van der Waals surface area contributed by atoms with Crippen LogP contribution in [0.4, 0.5) is 5.69 Å². The van der Waals surface area contributed by atoms with Gasteiger partial charge in [-0.25, -0.2) is 0 Å². The SMILES string of the molecule is Cc1ccccc1NC(=S)NCC1(N2CCCCC2)CCCCC1. The monoisotopic (exact) mass is 345 g/mol. The molecule has 2 N–H and O–H groups in total. The molecule has 1 aliphatic heterocycles. The van der Waals surface area contributed by atoms with Gasteiger partial charge in [-0.1, -0.05) is 43.9 Å². The summed E-state index contributed by atoms with van der Waals surface area (Å²) in [6.07, 6.45) is 10.8. The van der Waals surface area contributed by atoms with Crippen LogP contribution in [-0.2, 0) is 0 Å². The van der Waals surface area contributed by atoms with E-state index in [0.29, 0.717) is 5.54 Å². The first kappa shape index (κ1) is 17.7. The molecule has 1 aromatic carbocycles. The van der Waals surface area contributed by atoms with Gasteiger partial charge < -0.3 is 10.6 Å². The van der Waals surface area contributed by atoms with E-state index >= 15 is 0 Å². The molecule has 3 nitrogen and oxygen atoms in total. The van der Waals surface area contributed by atoms with Crippen molar-refractivity contribution in [2.45, 2.75) is 63.8 Å². The molecule has 1 aromatic rings. The van der Waals surface area contributed by atoms with Crippen LogP contribution in [-0.4, -0.2) is 35.2 Å². The highest BCUT2D eigenvalue weighted by Gasteiger charge is 2.38. The van der Waals surface area contributed by atoms with E-state index in [9.17, 15) is 0 Å². The van der Waals surface area contributed by atoms with Gasteiger partial charge in [0.15, 0.2) is 5.11 Å². The van der Waals surface area contributed by atoms with Crippen LogP contribution in [0.15, 0.2) is 24.3 Å². The van der Waals surface area contributed by atoms with Crippen molar-refractivity contribution in [1.82, 2.24) is 10.2 Å². The molecule has 1 saturated carbocycles. The van der Waals surface area contributed by atoms with Crippen molar-refractivity contribution in [1.29, 1.82) is 0 Å². The summed E-state index contributed by atoms with van der Waals surface area (Å²) in [6.45, 7) is 5.62. The maximum atomic E-state index is 5.57. The van der Waals surface area contributed by atoms with Crippen molar-refractivity contribution in [2.24, 2.45) is 0 Å². The molecule has 0 spiro atoms. The van der Waals surface area contributed by atoms with Crippen LogP contribution < -0.4 is 10.6 Å². The van der Waals surface area contributed by atoms with Crippen molar-refractivity contribution in [3.63, 3.8) is 0 Å². The number of anilines is 1. The zero-order chi connectivity index (χ0) is 16.8. The highest BCUT2D eigenvalue weighted by atomic mass is 32.1. The minimum Gasteiger partial charge on any atom is -0.361 e. The van der Waals surface area contributed by atoms with E-state index in [0.717, 1.165) is 17.3 Å². The Morgan fingerprint density at radius 1 is 1.04 bits per heavy atom. The summed E-state index contributed by atoms with van der Waals surface area (Å²) in [4.78, 5) is 2.76. The number of nitrogens with one attached hydrogen (secondary N) is 2. The van der Waals surface area contributed by atoms with Crippen molar-refractivity contribution < 1.29 is 0 Å². The third-order valence-electron chi connectivity index (χ3n) is 5.78. The Hall–Kier alpha value is -1.13. The summed E-state index contributed by atoms with van der Waals surface area (Å²) < 4.78 is 0. The number of piperidine rings is 1. The van der Waals surface area contributed by atoms with Gasteiger partial charge in [-0.2, -0.15) is 0 Å². The molecule has 1 aliphatic carbocycles. The quantitative estimate of drug-likeness (QED) is 0.787. The van der Waals surface area contributed by atoms with Crippen LogP contribution in [0.25, 0.3) is 0 Å². The molecule has 132 valence electrons. The third kappa shape index (κ3) is 4.28. The van der Waals surface area contributed by atoms with Crippen LogP contribution >= 0.6 is 12.2 Å². The van der Waals surface area contributed by atoms with E-state index in [-0.39, 0.29) is 0 Å². The lowest BCUT2D eigenvalue weighted by Crippen LogP contribution is -2.58. The van der Waals surface area contributed by atoms with Gasteiger partial charge in [-0.15, -0.1) is 0 Å². The fraction of sp³-hybridized carbons (Fsp3) is 0.650. The Labute approximate surface area is 152 Å². The number of likely N-dealkylation sites (tertiary alicyclic amines) is 1. The van der Waals surface area contributed by atoms with E-state index in [2.05, 4.69) is 40.7 Å². The van der Waals surface area contributed by atoms with Gasteiger partial charge in [0, 0.05) is 17.8 Å². The number of hydrogen-bond acceptors (Lipinski definition) is 2. The summed E-state index contributed by atoms with van der Waals surface area (Å²) in [5, 5.41) is 7.67. The summed E-state index contributed by atoms with van der Waals surface area (Å²) in [6, 6.07) is 8.31. The largest absolute Gasteiger partial charge is 0.361 e. The van der Waals surface area contributed by atoms with Gasteiger partial charge >= 0.3 is 0 Å². The molecule has 2 aliphatic rings. The normalized spacial score (nSPS) is 21.2. The molecule has 24 heavy (non-hydrogen) atoms.